The molecule has 1 aromatic rings. The van der Waals surface area contributed by atoms with E-state index in [1.807, 2.05) is 37.3 Å². The topological polar surface area (TPSA) is 125 Å². The second-order valence-electron chi connectivity index (χ2n) is 11.7. The van der Waals surface area contributed by atoms with Crippen LogP contribution in [0.5, 0.6) is 0 Å². The Balaban J connectivity index is 1.70. The van der Waals surface area contributed by atoms with Crippen LogP contribution in [-0.2, 0) is 30.3 Å². The third-order valence-electron chi connectivity index (χ3n) is 9.31. The molecule has 1 amide bonds. The largest absolute Gasteiger partial charge is 0.458 e. The van der Waals surface area contributed by atoms with E-state index in [9.17, 15) is 24.6 Å². The van der Waals surface area contributed by atoms with Crippen molar-refractivity contribution in [2.24, 2.45) is 29.1 Å². The summed E-state index contributed by atoms with van der Waals surface area (Å²) >= 11 is 0. The number of allylic oxidation sites excluding steroid dienone is 1. The molecular formula is C30H37NO7. The van der Waals surface area contributed by atoms with Crippen molar-refractivity contribution in [3.63, 3.8) is 0 Å². The molecular weight excluding hydrogens is 486 g/mol. The minimum atomic E-state index is -1.83. The molecule has 204 valence electrons. The summed E-state index contributed by atoms with van der Waals surface area (Å²) in [5.41, 5.74) is -1.60. The number of aliphatic hydroxyl groups excluding tert-OH is 1. The Morgan fingerprint density at radius 1 is 1.24 bits per heavy atom. The molecule has 2 saturated heterocycles. The third kappa shape index (κ3) is 3.96. The lowest BCUT2D eigenvalue weighted by molar-refractivity contribution is -0.175. The summed E-state index contributed by atoms with van der Waals surface area (Å²) in [6.07, 6.45) is 0.350. The van der Waals surface area contributed by atoms with Crippen molar-refractivity contribution in [2.75, 3.05) is 0 Å². The number of hydrogen-bond donors (Lipinski definition) is 3. The van der Waals surface area contributed by atoms with Crippen molar-refractivity contribution in [1.29, 1.82) is 0 Å². The number of fused-ring (bicyclic) bond motifs is 1. The zero-order chi connectivity index (χ0) is 27.6. The van der Waals surface area contributed by atoms with Gasteiger partial charge in [0.2, 0.25) is 5.91 Å². The van der Waals surface area contributed by atoms with Crippen molar-refractivity contribution in [2.45, 2.75) is 76.6 Å². The normalized spacial score (nSPS) is 44.3. The zero-order valence-electron chi connectivity index (χ0n) is 22.3. The van der Waals surface area contributed by atoms with Crippen molar-refractivity contribution >= 4 is 17.7 Å². The molecule has 4 aliphatic rings. The highest BCUT2D eigenvalue weighted by Gasteiger charge is 2.74. The maximum atomic E-state index is 14.3. The van der Waals surface area contributed by atoms with Gasteiger partial charge in [0, 0.05) is 30.7 Å². The number of ketones is 1. The Bertz CT molecular complexity index is 1180. The number of aliphatic hydroxyl groups is 2. The summed E-state index contributed by atoms with van der Waals surface area (Å²) < 4.78 is 11.9. The highest BCUT2D eigenvalue weighted by Crippen LogP contribution is 2.61. The molecule has 2 heterocycles. The average Bonchev–Trinajstić information content (AvgIpc) is 3.62. The van der Waals surface area contributed by atoms with Gasteiger partial charge >= 0.3 is 5.97 Å². The monoisotopic (exact) mass is 523 g/mol. The Hall–Kier alpha value is -2.81. The van der Waals surface area contributed by atoms with Gasteiger partial charge in [-0.3, -0.25) is 14.4 Å². The molecule has 1 spiro atoms. The second-order valence-corrected chi connectivity index (χ2v) is 11.7. The second kappa shape index (κ2) is 9.43. The smallest absolute Gasteiger partial charge is 0.303 e. The maximum Gasteiger partial charge on any atom is 0.303 e. The first-order chi connectivity index (χ1) is 17.9. The van der Waals surface area contributed by atoms with Crippen LogP contribution < -0.4 is 5.32 Å². The summed E-state index contributed by atoms with van der Waals surface area (Å²) in [5.74, 6) is -3.34. The Kier molecular flexibility index (Phi) is 6.65. The summed E-state index contributed by atoms with van der Waals surface area (Å²) in [4.78, 5) is 40.0. The SMILES string of the molecule is C=C1[C@@H](C)[C@@H]2[C@H](Cc3ccccc3)NC(=O)[C@@]23[C@H](C=CC[C@@H](C)C(=O)[C@](C)(O)[C@H]2O[C@@H]2[C@H]3OC(C)=O)[C@@H]1O. The number of amides is 1. The number of rotatable bonds is 3. The molecule has 2 aliphatic carbocycles. The van der Waals surface area contributed by atoms with Crippen LogP contribution in [0.3, 0.4) is 0 Å². The van der Waals surface area contributed by atoms with Crippen LogP contribution in [0, 0.1) is 29.1 Å². The molecule has 11 atom stereocenters. The van der Waals surface area contributed by atoms with Gasteiger partial charge in [-0.15, -0.1) is 0 Å². The lowest BCUT2D eigenvalue weighted by atomic mass is 9.51. The van der Waals surface area contributed by atoms with E-state index in [1.54, 1.807) is 19.1 Å². The number of carbonyl (C=O) groups is 3. The van der Waals surface area contributed by atoms with Gasteiger partial charge in [0.05, 0.1) is 6.10 Å². The molecule has 8 heteroatoms. The third-order valence-corrected chi connectivity index (χ3v) is 9.31. The van der Waals surface area contributed by atoms with Gasteiger partial charge < -0.3 is 25.0 Å². The molecule has 8 nitrogen and oxygen atoms in total. The van der Waals surface area contributed by atoms with Crippen molar-refractivity contribution in [1.82, 2.24) is 5.32 Å². The highest BCUT2D eigenvalue weighted by molar-refractivity contribution is 5.91. The van der Waals surface area contributed by atoms with Gasteiger partial charge in [0.15, 0.2) is 5.78 Å². The van der Waals surface area contributed by atoms with Crippen LogP contribution in [0.25, 0.3) is 0 Å². The number of nitrogens with one attached hydrogen (secondary N) is 1. The molecule has 1 saturated carbocycles. The number of epoxide rings is 1. The minimum Gasteiger partial charge on any atom is -0.458 e. The van der Waals surface area contributed by atoms with E-state index in [0.29, 0.717) is 18.4 Å². The minimum absolute atomic E-state index is 0.302. The number of benzene rings is 1. The number of ether oxygens (including phenoxy) is 2. The van der Waals surface area contributed by atoms with Gasteiger partial charge in [0.25, 0.3) is 0 Å². The predicted molar refractivity (Wildman–Crippen MR) is 139 cm³/mol. The fourth-order valence-electron chi connectivity index (χ4n) is 7.41. The van der Waals surface area contributed by atoms with Crippen LogP contribution in [0.1, 0.15) is 39.7 Å². The van der Waals surface area contributed by atoms with Crippen LogP contribution >= 0.6 is 0 Å². The summed E-state index contributed by atoms with van der Waals surface area (Å²) in [6, 6.07) is 9.48. The van der Waals surface area contributed by atoms with Gasteiger partial charge in [0.1, 0.15) is 29.3 Å². The van der Waals surface area contributed by atoms with E-state index >= 15 is 0 Å². The lowest BCUT2D eigenvalue weighted by Crippen LogP contribution is -2.62. The first kappa shape index (κ1) is 26.8. The van der Waals surface area contributed by atoms with Crippen molar-refractivity contribution < 1.29 is 34.1 Å². The number of Topliss-reactive ketones (excluding diaryl/α,β-unsaturated/α-hetero) is 1. The molecule has 2 aliphatic heterocycles. The first-order valence-corrected chi connectivity index (χ1v) is 13.4. The number of hydrogen-bond acceptors (Lipinski definition) is 7. The van der Waals surface area contributed by atoms with E-state index in [-0.39, 0.29) is 23.7 Å². The molecule has 1 aromatic carbocycles. The Morgan fingerprint density at radius 3 is 2.58 bits per heavy atom. The molecule has 0 bridgehead atoms. The molecule has 3 N–H and O–H groups in total. The number of carbonyl (C=O) groups excluding carboxylic acids is 3. The fourth-order valence-corrected chi connectivity index (χ4v) is 7.41. The van der Waals surface area contributed by atoms with E-state index < -0.39 is 59.2 Å². The molecule has 0 unspecified atom stereocenters. The molecule has 0 radical (unpaired) electrons. The predicted octanol–water partition coefficient (Wildman–Crippen LogP) is 2.13. The van der Waals surface area contributed by atoms with E-state index in [2.05, 4.69) is 11.9 Å². The van der Waals surface area contributed by atoms with Gasteiger partial charge in [-0.1, -0.05) is 62.9 Å². The molecule has 3 fully saturated rings. The average molecular weight is 524 g/mol. The van der Waals surface area contributed by atoms with Crippen LogP contribution in [0.2, 0.25) is 0 Å². The summed E-state index contributed by atoms with van der Waals surface area (Å²) in [7, 11) is 0. The van der Waals surface area contributed by atoms with Crippen LogP contribution in [0.15, 0.2) is 54.6 Å². The quantitative estimate of drug-likeness (QED) is 0.315. The van der Waals surface area contributed by atoms with Gasteiger partial charge in [-0.2, -0.15) is 0 Å². The zero-order valence-corrected chi connectivity index (χ0v) is 22.3. The fraction of sp³-hybridized carbons (Fsp3) is 0.567. The van der Waals surface area contributed by atoms with Crippen LogP contribution in [-0.4, -0.2) is 63.9 Å². The van der Waals surface area contributed by atoms with Crippen molar-refractivity contribution in [3.05, 3.63) is 60.2 Å². The first-order valence-electron chi connectivity index (χ1n) is 13.4. The van der Waals surface area contributed by atoms with Gasteiger partial charge in [-0.25, -0.2) is 0 Å². The molecule has 5 rings (SSSR count). The summed E-state index contributed by atoms with van der Waals surface area (Å²) in [6.45, 7) is 10.6. The van der Waals surface area contributed by atoms with Crippen LogP contribution in [0.4, 0.5) is 0 Å². The van der Waals surface area contributed by atoms with E-state index in [4.69, 9.17) is 9.47 Å². The molecule has 38 heavy (non-hydrogen) atoms. The summed E-state index contributed by atoms with van der Waals surface area (Å²) in [5, 5.41) is 26.0. The standard InChI is InChI=1S/C30H37NO7/c1-15-10-9-13-20-23(33)17(3)16(2)22-21(14-19-11-7-6-8-12-19)31-28(35)30(20,22)27(37-18(4)32)24-26(38-24)29(5,36)25(15)34/h6-9,11-13,15-16,20-24,26-27,33,36H,3,10,14H2,1-2,4-5H3,(H,31,35)/t15-,16-,20-,21+,22-,23-,24+,26+,27-,29+,30+/m1/s1. The molecule has 0 aromatic heterocycles. The Labute approximate surface area is 223 Å². The van der Waals surface area contributed by atoms with E-state index in [0.717, 1.165) is 5.56 Å². The maximum absolute atomic E-state index is 14.3. The Morgan fingerprint density at radius 2 is 1.92 bits per heavy atom. The lowest BCUT2D eigenvalue weighted by Gasteiger charge is -2.52. The van der Waals surface area contributed by atoms with Crippen molar-refractivity contribution in [3.8, 4) is 0 Å². The van der Waals surface area contributed by atoms with E-state index in [1.165, 1.54) is 13.8 Å². The highest BCUT2D eigenvalue weighted by atomic mass is 16.6. The number of esters is 1. The van der Waals surface area contributed by atoms with Gasteiger partial charge in [-0.05, 0) is 36.8 Å².